The molecule has 0 radical (unpaired) electrons. The summed E-state index contributed by atoms with van der Waals surface area (Å²) >= 11 is 0. The first-order chi connectivity index (χ1) is 7.01. The van der Waals surface area contributed by atoms with Gasteiger partial charge in [0.05, 0.1) is 0 Å². The lowest BCUT2D eigenvalue weighted by Crippen LogP contribution is -2.23. The monoisotopic (exact) mass is 212 g/mol. The van der Waals surface area contributed by atoms with E-state index in [9.17, 15) is 9.59 Å². The fraction of sp³-hybridized carbons (Fsp3) is 0.455. The summed E-state index contributed by atoms with van der Waals surface area (Å²) in [4.78, 5) is 21.9. The van der Waals surface area contributed by atoms with Gasteiger partial charge in [0.2, 0.25) is 0 Å². The minimum Gasteiger partial charge on any atom is -0.458 e. The summed E-state index contributed by atoms with van der Waals surface area (Å²) in [6.45, 7) is 10.1. The van der Waals surface area contributed by atoms with Crippen molar-refractivity contribution in [3.63, 3.8) is 0 Å². The van der Waals surface area contributed by atoms with Gasteiger partial charge in [0, 0.05) is 11.6 Å². The molecule has 0 saturated heterocycles. The molecule has 0 heterocycles. The molecule has 0 fully saturated rings. The summed E-state index contributed by atoms with van der Waals surface area (Å²) in [5.74, 6) is -1.00. The molecule has 0 aliphatic carbocycles. The third-order valence-electron chi connectivity index (χ3n) is 1.65. The average molecular weight is 212 g/mol. The first-order valence-electron chi connectivity index (χ1n) is 4.66. The molecule has 15 heavy (non-hydrogen) atoms. The highest BCUT2D eigenvalue weighted by atomic mass is 16.6. The number of rotatable bonds is 6. The van der Waals surface area contributed by atoms with Crippen molar-refractivity contribution in [1.82, 2.24) is 0 Å². The molecule has 0 aromatic heterocycles. The molecule has 0 saturated carbocycles. The minimum absolute atomic E-state index is 0.0434. The van der Waals surface area contributed by atoms with Crippen LogP contribution in [-0.4, -0.2) is 24.6 Å². The van der Waals surface area contributed by atoms with E-state index in [0.717, 1.165) is 6.08 Å². The van der Waals surface area contributed by atoms with Crippen molar-refractivity contribution in [2.24, 2.45) is 0 Å². The van der Waals surface area contributed by atoms with Crippen molar-refractivity contribution < 1.29 is 19.1 Å². The van der Waals surface area contributed by atoms with Gasteiger partial charge in [-0.25, -0.2) is 9.59 Å². The van der Waals surface area contributed by atoms with Gasteiger partial charge in [-0.3, -0.25) is 0 Å². The normalized spacial score (nSPS) is 11.3. The smallest absolute Gasteiger partial charge is 0.333 e. The van der Waals surface area contributed by atoms with E-state index in [1.54, 1.807) is 6.92 Å². The second-order valence-electron chi connectivity index (χ2n) is 3.05. The van der Waals surface area contributed by atoms with E-state index in [2.05, 4.69) is 13.2 Å². The van der Waals surface area contributed by atoms with Crippen LogP contribution in [0.4, 0.5) is 0 Å². The Bertz CT molecular complexity index is 268. The molecule has 0 aliphatic heterocycles. The van der Waals surface area contributed by atoms with Gasteiger partial charge in [-0.1, -0.05) is 20.1 Å². The fourth-order valence-corrected chi connectivity index (χ4v) is 0.739. The van der Waals surface area contributed by atoms with Crippen molar-refractivity contribution in [2.45, 2.75) is 26.4 Å². The van der Waals surface area contributed by atoms with E-state index in [4.69, 9.17) is 9.47 Å². The van der Waals surface area contributed by atoms with Gasteiger partial charge in [0.15, 0.2) is 0 Å². The van der Waals surface area contributed by atoms with Crippen molar-refractivity contribution >= 4 is 11.9 Å². The molecule has 1 unspecified atom stereocenters. The maximum atomic E-state index is 11.0. The molecular formula is C11H16O4. The van der Waals surface area contributed by atoms with Crippen LogP contribution in [0.15, 0.2) is 24.8 Å². The molecule has 0 aliphatic rings. The summed E-state index contributed by atoms with van der Waals surface area (Å²) < 4.78 is 9.77. The topological polar surface area (TPSA) is 52.6 Å². The Labute approximate surface area is 89.6 Å². The van der Waals surface area contributed by atoms with E-state index in [1.807, 2.05) is 6.92 Å². The van der Waals surface area contributed by atoms with Crippen LogP contribution < -0.4 is 0 Å². The Kier molecular flexibility index (Phi) is 6.09. The van der Waals surface area contributed by atoms with Crippen molar-refractivity contribution in [1.29, 1.82) is 0 Å². The van der Waals surface area contributed by atoms with Gasteiger partial charge >= 0.3 is 11.9 Å². The zero-order chi connectivity index (χ0) is 11.8. The molecule has 84 valence electrons. The molecule has 0 aromatic rings. The van der Waals surface area contributed by atoms with E-state index < -0.39 is 18.0 Å². The Morgan fingerprint density at radius 2 is 2.07 bits per heavy atom. The minimum atomic E-state index is -0.520. The molecular weight excluding hydrogens is 196 g/mol. The van der Waals surface area contributed by atoms with Crippen LogP contribution >= 0.6 is 0 Å². The number of hydrogen-bond donors (Lipinski definition) is 0. The zero-order valence-electron chi connectivity index (χ0n) is 9.12. The quantitative estimate of drug-likeness (QED) is 0.496. The van der Waals surface area contributed by atoms with Crippen LogP contribution in [-0.2, 0) is 19.1 Å². The van der Waals surface area contributed by atoms with Gasteiger partial charge in [0.1, 0.15) is 12.7 Å². The van der Waals surface area contributed by atoms with Crippen LogP contribution in [0.3, 0.4) is 0 Å². The summed E-state index contributed by atoms with van der Waals surface area (Å²) in [6, 6.07) is 0. The SMILES string of the molecule is C=CC(=O)OC(CC)COC(=O)C(=C)C. The summed E-state index contributed by atoms with van der Waals surface area (Å²) in [7, 11) is 0. The van der Waals surface area contributed by atoms with Gasteiger partial charge < -0.3 is 9.47 Å². The number of ether oxygens (including phenoxy) is 2. The first-order valence-corrected chi connectivity index (χ1v) is 4.66. The summed E-state index contributed by atoms with van der Waals surface area (Å²) in [6.07, 6.45) is 1.21. The average Bonchev–Trinajstić information content (AvgIpc) is 2.22. The lowest BCUT2D eigenvalue weighted by Gasteiger charge is -2.14. The Morgan fingerprint density at radius 3 is 2.47 bits per heavy atom. The zero-order valence-corrected chi connectivity index (χ0v) is 9.12. The third-order valence-corrected chi connectivity index (χ3v) is 1.65. The van der Waals surface area contributed by atoms with Crippen LogP contribution in [0.2, 0.25) is 0 Å². The summed E-state index contributed by atoms with van der Waals surface area (Å²) in [5.41, 5.74) is 0.319. The van der Waals surface area contributed by atoms with Crippen LogP contribution in [0, 0.1) is 0 Å². The number of carbonyl (C=O) groups excluding carboxylic acids is 2. The lowest BCUT2D eigenvalue weighted by atomic mass is 10.3. The van der Waals surface area contributed by atoms with Crippen molar-refractivity contribution in [3.8, 4) is 0 Å². The highest BCUT2D eigenvalue weighted by molar-refractivity contribution is 5.87. The second kappa shape index (κ2) is 6.81. The van der Waals surface area contributed by atoms with E-state index >= 15 is 0 Å². The molecule has 0 aromatic carbocycles. The molecule has 4 nitrogen and oxygen atoms in total. The Balaban J connectivity index is 4.00. The van der Waals surface area contributed by atoms with Crippen molar-refractivity contribution in [2.75, 3.05) is 6.61 Å². The number of esters is 2. The molecule has 1 atom stereocenters. The predicted molar refractivity (Wildman–Crippen MR) is 56.1 cm³/mol. The maximum Gasteiger partial charge on any atom is 0.333 e. The van der Waals surface area contributed by atoms with Crippen LogP contribution in [0.1, 0.15) is 20.3 Å². The Hall–Kier alpha value is -1.58. The van der Waals surface area contributed by atoms with Gasteiger partial charge in [0.25, 0.3) is 0 Å². The van der Waals surface area contributed by atoms with Gasteiger partial charge in [-0.05, 0) is 13.3 Å². The molecule has 0 N–H and O–H groups in total. The van der Waals surface area contributed by atoms with Gasteiger partial charge in [-0.2, -0.15) is 0 Å². The third kappa shape index (κ3) is 5.67. The molecule has 0 amide bonds. The largest absolute Gasteiger partial charge is 0.458 e. The fourth-order valence-electron chi connectivity index (χ4n) is 0.739. The molecule has 0 bridgehead atoms. The molecule has 0 spiro atoms. The van der Waals surface area contributed by atoms with Crippen LogP contribution in [0.25, 0.3) is 0 Å². The summed E-state index contributed by atoms with van der Waals surface area (Å²) in [5, 5.41) is 0. The lowest BCUT2D eigenvalue weighted by molar-refractivity contribution is -0.153. The highest BCUT2D eigenvalue weighted by Crippen LogP contribution is 2.02. The predicted octanol–water partition coefficient (Wildman–Crippen LogP) is 1.61. The maximum absolute atomic E-state index is 11.0. The van der Waals surface area contributed by atoms with E-state index in [-0.39, 0.29) is 6.61 Å². The van der Waals surface area contributed by atoms with Gasteiger partial charge in [-0.15, -0.1) is 0 Å². The van der Waals surface area contributed by atoms with E-state index in [1.165, 1.54) is 0 Å². The standard InChI is InChI=1S/C11H16O4/c1-5-9(15-10(12)6-2)7-14-11(13)8(3)4/h6,9H,2-3,5,7H2,1,4H3. The van der Waals surface area contributed by atoms with Crippen molar-refractivity contribution in [3.05, 3.63) is 24.8 Å². The molecule has 4 heteroatoms. The molecule has 0 rings (SSSR count). The number of hydrogen-bond acceptors (Lipinski definition) is 4. The second-order valence-corrected chi connectivity index (χ2v) is 3.05. The van der Waals surface area contributed by atoms with Crippen LogP contribution in [0.5, 0.6) is 0 Å². The highest BCUT2D eigenvalue weighted by Gasteiger charge is 2.13. The number of carbonyl (C=O) groups is 2. The Morgan fingerprint density at radius 1 is 1.47 bits per heavy atom. The first kappa shape index (κ1) is 13.4. The van der Waals surface area contributed by atoms with E-state index in [0.29, 0.717) is 12.0 Å².